The fourth-order valence-electron chi connectivity index (χ4n) is 2.38. The van der Waals surface area contributed by atoms with Gasteiger partial charge in [0.15, 0.2) is 0 Å². The molecule has 3 nitrogen and oxygen atoms in total. The van der Waals surface area contributed by atoms with Gasteiger partial charge in [0.2, 0.25) is 0 Å². The van der Waals surface area contributed by atoms with Crippen LogP contribution in [0.15, 0.2) is 48.5 Å². The van der Waals surface area contributed by atoms with E-state index >= 15 is 0 Å². The zero-order chi connectivity index (χ0) is 15.2. The summed E-state index contributed by atoms with van der Waals surface area (Å²) in [5, 5.41) is 8.77. The molecule has 110 valence electrons. The highest BCUT2D eigenvalue weighted by atomic mass is 16.4. The van der Waals surface area contributed by atoms with Crippen molar-refractivity contribution in [1.29, 1.82) is 0 Å². The maximum absolute atomic E-state index is 10.7. The van der Waals surface area contributed by atoms with Crippen LogP contribution in [0.4, 0.5) is 0 Å². The average Bonchev–Trinajstić information content (AvgIpc) is 2.48. The van der Waals surface area contributed by atoms with Crippen molar-refractivity contribution in [2.45, 2.75) is 32.2 Å². The van der Waals surface area contributed by atoms with Gasteiger partial charge in [-0.2, -0.15) is 0 Å². The van der Waals surface area contributed by atoms with Gasteiger partial charge < -0.3 is 10.8 Å². The summed E-state index contributed by atoms with van der Waals surface area (Å²) in [5.74, 6) is -0.877. The standard InChI is InChI=1S/C18H21NO2/c1-2-3-13-4-6-14(7-5-13)15-8-10-16(11-9-15)17(19)12-18(20)21/h4-11,17H,2-3,12,19H2,1H3,(H,20,21)/t17-/m1/s1. The lowest BCUT2D eigenvalue weighted by Crippen LogP contribution is -2.14. The first-order valence-corrected chi connectivity index (χ1v) is 7.26. The zero-order valence-corrected chi connectivity index (χ0v) is 12.3. The van der Waals surface area contributed by atoms with Gasteiger partial charge in [-0.3, -0.25) is 4.79 Å². The smallest absolute Gasteiger partial charge is 0.305 e. The molecule has 2 rings (SSSR count). The van der Waals surface area contributed by atoms with Gasteiger partial charge in [-0.1, -0.05) is 61.9 Å². The molecular weight excluding hydrogens is 262 g/mol. The number of hydrogen-bond acceptors (Lipinski definition) is 2. The summed E-state index contributed by atoms with van der Waals surface area (Å²) in [5.41, 5.74) is 10.3. The van der Waals surface area contributed by atoms with Crippen LogP contribution in [0.5, 0.6) is 0 Å². The van der Waals surface area contributed by atoms with Crippen LogP contribution in [-0.2, 0) is 11.2 Å². The number of carboxylic acid groups (broad SMARTS) is 1. The lowest BCUT2D eigenvalue weighted by Gasteiger charge is -2.10. The monoisotopic (exact) mass is 283 g/mol. The Labute approximate surface area is 125 Å². The van der Waals surface area contributed by atoms with E-state index in [-0.39, 0.29) is 6.42 Å². The zero-order valence-electron chi connectivity index (χ0n) is 12.3. The van der Waals surface area contributed by atoms with Crippen LogP contribution in [0, 0.1) is 0 Å². The van der Waals surface area contributed by atoms with Gasteiger partial charge in [-0.25, -0.2) is 0 Å². The Balaban J connectivity index is 2.12. The van der Waals surface area contributed by atoms with Crippen molar-refractivity contribution in [3.05, 3.63) is 59.7 Å². The summed E-state index contributed by atoms with van der Waals surface area (Å²) in [6.45, 7) is 2.17. The number of benzene rings is 2. The van der Waals surface area contributed by atoms with Gasteiger partial charge in [0.25, 0.3) is 0 Å². The molecule has 0 amide bonds. The third-order valence-corrected chi connectivity index (χ3v) is 3.56. The van der Waals surface area contributed by atoms with E-state index in [1.807, 2.05) is 24.3 Å². The summed E-state index contributed by atoms with van der Waals surface area (Å²) >= 11 is 0. The van der Waals surface area contributed by atoms with Crippen molar-refractivity contribution in [3.8, 4) is 11.1 Å². The lowest BCUT2D eigenvalue weighted by molar-refractivity contribution is -0.137. The van der Waals surface area contributed by atoms with Gasteiger partial charge in [-0.15, -0.1) is 0 Å². The minimum atomic E-state index is -0.877. The van der Waals surface area contributed by atoms with E-state index in [2.05, 4.69) is 31.2 Å². The number of aryl methyl sites for hydroxylation is 1. The third kappa shape index (κ3) is 4.17. The Bertz CT molecular complexity index is 588. The Kier molecular flexibility index (Phi) is 5.12. The van der Waals surface area contributed by atoms with E-state index < -0.39 is 12.0 Å². The van der Waals surface area contributed by atoms with Gasteiger partial charge in [0.05, 0.1) is 6.42 Å². The molecule has 21 heavy (non-hydrogen) atoms. The van der Waals surface area contributed by atoms with Crippen LogP contribution >= 0.6 is 0 Å². The molecule has 0 saturated carbocycles. The van der Waals surface area contributed by atoms with Crippen LogP contribution < -0.4 is 5.73 Å². The highest BCUT2D eigenvalue weighted by molar-refractivity contribution is 5.68. The minimum absolute atomic E-state index is 0.0505. The normalized spacial score (nSPS) is 12.1. The Morgan fingerprint density at radius 2 is 1.57 bits per heavy atom. The van der Waals surface area contributed by atoms with E-state index in [0.29, 0.717) is 0 Å². The van der Waals surface area contributed by atoms with Crippen molar-refractivity contribution in [2.24, 2.45) is 5.73 Å². The van der Waals surface area contributed by atoms with Crippen LogP contribution in [0.1, 0.15) is 36.9 Å². The third-order valence-electron chi connectivity index (χ3n) is 3.56. The summed E-state index contributed by atoms with van der Waals surface area (Å²) < 4.78 is 0. The molecule has 0 heterocycles. The largest absolute Gasteiger partial charge is 0.481 e. The molecule has 0 aliphatic carbocycles. The predicted octanol–water partition coefficient (Wildman–Crippen LogP) is 3.78. The van der Waals surface area contributed by atoms with Gasteiger partial charge >= 0.3 is 5.97 Å². The molecule has 0 radical (unpaired) electrons. The molecule has 2 aromatic carbocycles. The van der Waals surface area contributed by atoms with Crippen molar-refractivity contribution in [2.75, 3.05) is 0 Å². The molecular formula is C18H21NO2. The van der Waals surface area contributed by atoms with E-state index in [4.69, 9.17) is 10.8 Å². The minimum Gasteiger partial charge on any atom is -0.481 e. The van der Waals surface area contributed by atoms with Crippen molar-refractivity contribution in [3.63, 3.8) is 0 Å². The lowest BCUT2D eigenvalue weighted by atomic mass is 9.98. The Morgan fingerprint density at radius 3 is 2.05 bits per heavy atom. The fraction of sp³-hybridized carbons (Fsp3) is 0.278. The number of rotatable bonds is 6. The molecule has 0 aliphatic heterocycles. The summed E-state index contributed by atoms with van der Waals surface area (Å²) in [6.07, 6.45) is 2.20. The molecule has 1 atom stereocenters. The quantitative estimate of drug-likeness (QED) is 0.848. The van der Waals surface area contributed by atoms with Gasteiger partial charge in [-0.05, 0) is 28.7 Å². The molecule has 0 fully saturated rings. The van der Waals surface area contributed by atoms with E-state index in [1.165, 1.54) is 5.56 Å². The predicted molar refractivity (Wildman–Crippen MR) is 85.1 cm³/mol. The number of nitrogens with two attached hydrogens (primary N) is 1. The molecule has 0 bridgehead atoms. The molecule has 0 aromatic heterocycles. The van der Waals surface area contributed by atoms with Crippen molar-refractivity contribution < 1.29 is 9.90 Å². The maximum atomic E-state index is 10.7. The van der Waals surface area contributed by atoms with Crippen molar-refractivity contribution >= 4 is 5.97 Å². The van der Waals surface area contributed by atoms with Crippen LogP contribution in [0.2, 0.25) is 0 Å². The van der Waals surface area contributed by atoms with Crippen LogP contribution in [0.3, 0.4) is 0 Å². The number of aliphatic carboxylic acids is 1. The van der Waals surface area contributed by atoms with Crippen molar-refractivity contribution in [1.82, 2.24) is 0 Å². The van der Waals surface area contributed by atoms with Gasteiger partial charge in [0, 0.05) is 6.04 Å². The van der Waals surface area contributed by atoms with E-state index in [9.17, 15) is 4.79 Å². The second-order valence-corrected chi connectivity index (χ2v) is 5.27. The Hall–Kier alpha value is -2.13. The first-order chi connectivity index (χ1) is 10.1. The average molecular weight is 283 g/mol. The van der Waals surface area contributed by atoms with Crippen LogP contribution in [-0.4, -0.2) is 11.1 Å². The summed E-state index contributed by atoms with van der Waals surface area (Å²) in [6, 6.07) is 15.9. The number of hydrogen-bond donors (Lipinski definition) is 2. The van der Waals surface area contributed by atoms with Gasteiger partial charge in [0.1, 0.15) is 0 Å². The summed E-state index contributed by atoms with van der Waals surface area (Å²) in [7, 11) is 0. The molecule has 0 spiro atoms. The molecule has 3 heteroatoms. The first kappa shape index (κ1) is 15.3. The van der Waals surface area contributed by atoms with E-state index in [0.717, 1.165) is 29.5 Å². The molecule has 0 unspecified atom stereocenters. The van der Waals surface area contributed by atoms with E-state index in [1.54, 1.807) is 0 Å². The van der Waals surface area contributed by atoms with Crippen LogP contribution in [0.25, 0.3) is 11.1 Å². The fourth-order valence-corrected chi connectivity index (χ4v) is 2.38. The molecule has 0 saturated heterocycles. The highest BCUT2D eigenvalue weighted by Gasteiger charge is 2.10. The topological polar surface area (TPSA) is 63.3 Å². The second-order valence-electron chi connectivity index (χ2n) is 5.27. The molecule has 3 N–H and O–H groups in total. The summed E-state index contributed by atoms with van der Waals surface area (Å²) in [4.78, 5) is 10.7. The maximum Gasteiger partial charge on any atom is 0.305 e. The number of carboxylic acids is 1. The molecule has 0 aliphatic rings. The second kappa shape index (κ2) is 7.04. The molecule has 2 aromatic rings. The Morgan fingerprint density at radius 1 is 1.05 bits per heavy atom. The number of carbonyl (C=O) groups is 1. The SMILES string of the molecule is CCCc1ccc(-c2ccc([C@H](N)CC(=O)O)cc2)cc1. The highest BCUT2D eigenvalue weighted by Crippen LogP contribution is 2.23. The first-order valence-electron chi connectivity index (χ1n) is 7.26.